The van der Waals surface area contributed by atoms with Crippen LogP contribution in [0, 0.1) is 11.3 Å². The molecular formula is C29H32ClF3N4O3. The molecular weight excluding hydrogens is 545 g/mol. The summed E-state index contributed by atoms with van der Waals surface area (Å²) in [4.78, 5) is 16.9. The largest absolute Gasteiger partial charge is 0.488 e. The Kier molecular flexibility index (Phi) is 8.74. The minimum atomic E-state index is -4.58. The Morgan fingerprint density at radius 2 is 1.85 bits per heavy atom. The lowest BCUT2D eigenvalue weighted by atomic mass is 9.92. The van der Waals surface area contributed by atoms with E-state index in [1.807, 2.05) is 23.1 Å². The summed E-state index contributed by atoms with van der Waals surface area (Å²) in [6.07, 6.45) is -0.831. The number of rotatable bonds is 7. The lowest BCUT2D eigenvalue weighted by molar-refractivity contribution is -0.140. The molecule has 2 heterocycles. The maximum atomic E-state index is 13.3. The van der Waals surface area contributed by atoms with Gasteiger partial charge in [0, 0.05) is 55.9 Å². The van der Waals surface area contributed by atoms with E-state index >= 15 is 0 Å². The normalized spacial score (nSPS) is 23.3. The lowest BCUT2D eigenvalue weighted by Crippen LogP contribution is -2.51. The monoisotopic (exact) mass is 576 g/mol. The Balaban J connectivity index is 0.998. The second-order valence-corrected chi connectivity index (χ2v) is 11.1. The Morgan fingerprint density at radius 3 is 2.55 bits per heavy atom. The number of carbonyl (C=O) groups excluding carboxylic acids is 1. The van der Waals surface area contributed by atoms with Crippen molar-refractivity contribution in [2.45, 2.75) is 56.5 Å². The molecule has 2 fully saturated rings. The zero-order chi connectivity index (χ0) is 28.3. The van der Waals surface area contributed by atoms with E-state index < -0.39 is 11.7 Å². The van der Waals surface area contributed by atoms with Crippen molar-refractivity contribution in [3.05, 3.63) is 58.1 Å². The van der Waals surface area contributed by atoms with Gasteiger partial charge in [-0.2, -0.15) is 18.4 Å². The van der Waals surface area contributed by atoms with Crippen LogP contribution in [0.1, 0.15) is 42.4 Å². The summed E-state index contributed by atoms with van der Waals surface area (Å²) in [7, 11) is 0. The molecule has 1 saturated carbocycles. The van der Waals surface area contributed by atoms with Gasteiger partial charge in [-0.05, 0) is 67.6 Å². The van der Waals surface area contributed by atoms with Gasteiger partial charge >= 0.3 is 6.18 Å². The first-order valence-corrected chi connectivity index (χ1v) is 14.0. The van der Waals surface area contributed by atoms with Crippen LogP contribution in [0.25, 0.3) is 0 Å². The molecule has 2 aromatic carbocycles. The van der Waals surface area contributed by atoms with Gasteiger partial charge in [-0.3, -0.25) is 9.69 Å². The molecule has 3 aliphatic rings. The van der Waals surface area contributed by atoms with Crippen molar-refractivity contribution < 1.29 is 27.4 Å². The highest BCUT2D eigenvalue weighted by atomic mass is 35.5. The van der Waals surface area contributed by atoms with E-state index in [9.17, 15) is 18.0 Å². The van der Waals surface area contributed by atoms with Crippen molar-refractivity contribution in [3.8, 4) is 11.8 Å². The maximum absolute atomic E-state index is 13.3. The number of anilines is 1. The number of ether oxygens (including phenoxy) is 2. The van der Waals surface area contributed by atoms with Gasteiger partial charge in [-0.25, -0.2) is 0 Å². The van der Waals surface area contributed by atoms with Crippen LogP contribution in [0.3, 0.4) is 0 Å². The summed E-state index contributed by atoms with van der Waals surface area (Å²) in [6.45, 7) is 3.71. The van der Waals surface area contributed by atoms with Crippen LogP contribution in [0.15, 0.2) is 36.4 Å². The van der Waals surface area contributed by atoms with E-state index in [0.717, 1.165) is 69.1 Å². The number of benzene rings is 2. The first-order chi connectivity index (χ1) is 19.2. The van der Waals surface area contributed by atoms with Crippen LogP contribution in [0.4, 0.5) is 18.9 Å². The smallest absolute Gasteiger partial charge is 0.417 e. The number of hydrogen-bond donors (Lipinski definition) is 1. The van der Waals surface area contributed by atoms with Crippen LogP contribution >= 0.6 is 11.6 Å². The fourth-order valence-corrected chi connectivity index (χ4v) is 5.91. The molecule has 1 N–H and O–H groups in total. The zero-order valence-corrected chi connectivity index (χ0v) is 22.8. The topological polar surface area (TPSA) is 77.8 Å². The molecule has 5 rings (SSSR count). The van der Waals surface area contributed by atoms with Crippen LogP contribution in [-0.2, 0) is 22.1 Å². The fraction of sp³-hybridized carbons (Fsp3) is 0.517. The molecule has 2 aliphatic heterocycles. The van der Waals surface area contributed by atoms with Crippen molar-refractivity contribution in [3.63, 3.8) is 0 Å². The fourth-order valence-electron chi connectivity index (χ4n) is 5.71. The number of fused-ring (bicyclic) bond motifs is 1. The highest BCUT2D eigenvalue weighted by molar-refractivity contribution is 6.30. The van der Waals surface area contributed by atoms with Gasteiger partial charge in [0.25, 0.3) is 0 Å². The molecule has 7 nitrogen and oxygen atoms in total. The molecule has 0 radical (unpaired) electrons. The van der Waals surface area contributed by atoms with E-state index in [2.05, 4.69) is 10.2 Å². The van der Waals surface area contributed by atoms with Gasteiger partial charge in [-0.15, -0.1) is 0 Å². The molecule has 11 heteroatoms. The minimum absolute atomic E-state index is 0.00581. The number of halogens is 4. The van der Waals surface area contributed by atoms with Gasteiger partial charge in [0.05, 0.1) is 23.3 Å². The van der Waals surface area contributed by atoms with Crippen molar-refractivity contribution in [2.24, 2.45) is 0 Å². The number of nitrogens with one attached hydrogen (secondary N) is 1. The molecule has 0 bridgehead atoms. The number of amides is 1. The quantitative estimate of drug-likeness (QED) is 0.493. The summed E-state index contributed by atoms with van der Waals surface area (Å²) in [5, 5.41) is 12.8. The van der Waals surface area contributed by atoms with Gasteiger partial charge in [0.15, 0.2) is 0 Å². The Hall–Kier alpha value is -3.00. The van der Waals surface area contributed by atoms with Crippen LogP contribution in [-0.4, -0.2) is 73.3 Å². The number of alkyl halides is 3. The van der Waals surface area contributed by atoms with E-state index in [1.54, 1.807) is 6.07 Å². The molecule has 1 unspecified atom stereocenters. The molecule has 1 saturated heterocycles. The molecule has 0 spiro atoms. The molecule has 40 heavy (non-hydrogen) atoms. The van der Waals surface area contributed by atoms with E-state index in [1.165, 1.54) is 12.1 Å². The summed E-state index contributed by atoms with van der Waals surface area (Å²) in [6, 6.07) is 11.0. The number of nitrogens with zero attached hydrogens (tertiary/aromatic N) is 3. The van der Waals surface area contributed by atoms with Gasteiger partial charge < -0.3 is 19.7 Å². The SMILES string of the molecule is N#Cc1ccc(N[C@H]2CC[C@H](OCC(=O)N3CCN(CC4Cc5cc(Cl)ccc5O4)CC3)CC2)cc1C(F)(F)F. The molecule has 1 atom stereocenters. The van der Waals surface area contributed by atoms with E-state index in [4.69, 9.17) is 26.3 Å². The highest BCUT2D eigenvalue weighted by Gasteiger charge is 2.34. The first-order valence-electron chi connectivity index (χ1n) is 13.6. The molecule has 1 aliphatic carbocycles. The number of nitriles is 1. The highest BCUT2D eigenvalue weighted by Crippen LogP contribution is 2.35. The third-order valence-electron chi connectivity index (χ3n) is 7.88. The summed E-state index contributed by atoms with van der Waals surface area (Å²) < 4.78 is 51.7. The van der Waals surface area contributed by atoms with E-state index in [-0.39, 0.29) is 36.3 Å². The summed E-state index contributed by atoms with van der Waals surface area (Å²) >= 11 is 6.09. The van der Waals surface area contributed by atoms with Crippen molar-refractivity contribution >= 4 is 23.2 Å². The number of carbonyl (C=O) groups is 1. The average molecular weight is 577 g/mol. The molecule has 1 amide bonds. The number of hydrogen-bond acceptors (Lipinski definition) is 6. The second-order valence-electron chi connectivity index (χ2n) is 10.7. The third kappa shape index (κ3) is 7.00. The zero-order valence-electron chi connectivity index (χ0n) is 22.1. The summed E-state index contributed by atoms with van der Waals surface area (Å²) in [5.74, 6) is 0.881. The Bertz CT molecular complexity index is 1250. The average Bonchev–Trinajstić information content (AvgIpc) is 3.33. The van der Waals surface area contributed by atoms with Gasteiger partial charge in [0.1, 0.15) is 18.5 Å². The standard InChI is InChI=1S/C29H32ClF3N4O3/c30-21-2-8-27-20(13-21)14-25(40-27)17-36-9-11-37(12-10-36)28(38)18-39-24-6-4-22(5-7-24)35-23-3-1-19(16-34)26(15-23)29(31,32)33/h1-3,8,13,15,22,24-25,35H,4-7,9-12,14,17-18H2/t22-,24-,25?. The molecule has 2 aromatic rings. The molecule has 214 valence electrons. The predicted octanol–water partition coefficient (Wildman–Crippen LogP) is 5.12. The number of piperazine rings is 1. The third-order valence-corrected chi connectivity index (χ3v) is 8.12. The van der Waals surface area contributed by atoms with E-state index in [0.29, 0.717) is 23.8 Å². The minimum Gasteiger partial charge on any atom is -0.488 e. The lowest BCUT2D eigenvalue weighted by Gasteiger charge is -2.36. The molecule has 0 aromatic heterocycles. The van der Waals surface area contributed by atoms with Crippen LogP contribution in [0.2, 0.25) is 5.02 Å². The second kappa shape index (κ2) is 12.2. The van der Waals surface area contributed by atoms with Crippen molar-refractivity contribution in [1.82, 2.24) is 9.80 Å². The van der Waals surface area contributed by atoms with Gasteiger partial charge in [0.2, 0.25) is 5.91 Å². The Morgan fingerprint density at radius 1 is 1.10 bits per heavy atom. The van der Waals surface area contributed by atoms with Crippen LogP contribution in [0.5, 0.6) is 5.75 Å². The summed E-state index contributed by atoms with van der Waals surface area (Å²) in [5.41, 5.74) is 0.163. The maximum Gasteiger partial charge on any atom is 0.417 e. The van der Waals surface area contributed by atoms with Gasteiger partial charge in [-0.1, -0.05) is 11.6 Å². The predicted molar refractivity (Wildman–Crippen MR) is 144 cm³/mol. The first kappa shape index (κ1) is 28.5. The van der Waals surface area contributed by atoms with Crippen molar-refractivity contribution in [2.75, 3.05) is 44.6 Å². The van der Waals surface area contributed by atoms with Crippen LogP contribution < -0.4 is 10.1 Å². The van der Waals surface area contributed by atoms with Crippen molar-refractivity contribution in [1.29, 1.82) is 5.26 Å². The Labute approximate surface area is 236 Å².